The molecule has 2 rings (SSSR count). The number of hydrogen-bond donors (Lipinski definition) is 1. The van der Waals surface area contributed by atoms with E-state index in [4.69, 9.17) is 9.47 Å². The SMILES string of the molecule is CCCC(C)OCC(NC1CC1)(C(=O)OCC)C1CC1. The van der Waals surface area contributed by atoms with Crippen molar-refractivity contribution in [1.29, 1.82) is 0 Å². The van der Waals surface area contributed by atoms with Crippen LogP contribution in [0.15, 0.2) is 0 Å². The highest BCUT2D eigenvalue weighted by atomic mass is 16.5. The number of nitrogens with one attached hydrogen (secondary N) is 1. The van der Waals surface area contributed by atoms with Crippen molar-refractivity contribution >= 4 is 5.97 Å². The smallest absolute Gasteiger partial charge is 0.329 e. The molecule has 0 saturated heterocycles. The fraction of sp³-hybridized carbons (Fsp3) is 0.938. The predicted octanol–water partition coefficient (Wildman–Crippen LogP) is 2.66. The quantitative estimate of drug-likeness (QED) is 0.626. The molecule has 20 heavy (non-hydrogen) atoms. The predicted molar refractivity (Wildman–Crippen MR) is 78.6 cm³/mol. The van der Waals surface area contributed by atoms with Crippen LogP contribution < -0.4 is 5.32 Å². The van der Waals surface area contributed by atoms with Gasteiger partial charge < -0.3 is 9.47 Å². The van der Waals surface area contributed by atoms with Crippen LogP contribution in [0.4, 0.5) is 0 Å². The zero-order valence-corrected chi connectivity index (χ0v) is 13.1. The summed E-state index contributed by atoms with van der Waals surface area (Å²) >= 11 is 0. The van der Waals surface area contributed by atoms with Crippen LogP contribution in [0.2, 0.25) is 0 Å². The van der Waals surface area contributed by atoms with Crippen molar-refractivity contribution in [3.63, 3.8) is 0 Å². The van der Waals surface area contributed by atoms with Crippen molar-refractivity contribution in [2.45, 2.75) is 77.0 Å². The highest BCUT2D eigenvalue weighted by Gasteiger charge is 2.54. The van der Waals surface area contributed by atoms with Gasteiger partial charge in [-0.05, 0) is 51.9 Å². The molecule has 2 aliphatic carbocycles. The second-order valence-corrected chi connectivity index (χ2v) is 6.30. The summed E-state index contributed by atoms with van der Waals surface area (Å²) in [5.74, 6) is 0.272. The largest absolute Gasteiger partial charge is 0.465 e. The fourth-order valence-electron chi connectivity index (χ4n) is 2.75. The maximum absolute atomic E-state index is 12.5. The molecule has 1 N–H and O–H groups in total. The number of ether oxygens (including phenoxy) is 2. The van der Waals surface area contributed by atoms with Gasteiger partial charge >= 0.3 is 5.97 Å². The summed E-state index contributed by atoms with van der Waals surface area (Å²) in [6, 6.07) is 0.477. The third kappa shape index (κ3) is 3.95. The number of carbonyl (C=O) groups excluding carboxylic acids is 1. The van der Waals surface area contributed by atoms with Gasteiger partial charge in [0.05, 0.1) is 19.3 Å². The van der Waals surface area contributed by atoms with Gasteiger partial charge in [-0.3, -0.25) is 5.32 Å². The van der Waals surface area contributed by atoms with E-state index in [1.807, 2.05) is 6.92 Å². The van der Waals surface area contributed by atoms with Crippen molar-refractivity contribution in [2.75, 3.05) is 13.2 Å². The molecule has 4 nitrogen and oxygen atoms in total. The number of rotatable bonds is 10. The molecule has 2 saturated carbocycles. The molecule has 0 spiro atoms. The van der Waals surface area contributed by atoms with Crippen molar-refractivity contribution in [1.82, 2.24) is 5.32 Å². The molecule has 0 amide bonds. The first-order valence-electron chi connectivity index (χ1n) is 8.19. The first-order valence-corrected chi connectivity index (χ1v) is 8.19. The Morgan fingerprint density at radius 1 is 1.30 bits per heavy atom. The van der Waals surface area contributed by atoms with E-state index in [2.05, 4.69) is 19.2 Å². The third-order valence-corrected chi connectivity index (χ3v) is 4.24. The fourth-order valence-corrected chi connectivity index (χ4v) is 2.75. The van der Waals surface area contributed by atoms with E-state index in [1.54, 1.807) is 0 Å². The molecule has 0 aromatic rings. The van der Waals surface area contributed by atoms with Gasteiger partial charge in [0.15, 0.2) is 0 Å². The second-order valence-electron chi connectivity index (χ2n) is 6.30. The van der Waals surface area contributed by atoms with Crippen LogP contribution in [-0.2, 0) is 14.3 Å². The molecule has 2 aliphatic rings. The molecule has 0 bridgehead atoms. The Hall–Kier alpha value is -0.610. The van der Waals surface area contributed by atoms with Gasteiger partial charge in [-0.25, -0.2) is 4.79 Å². The lowest BCUT2D eigenvalue weighted by Crippen LogP contribution is -2.59. The highest BCUT2D eigenvalue weighted by Crippen LogP contribution is 2.42. The first-order chi connectivity index (χ1) is 9.62. The summed E-state index contributed by atoms with van der Waals surface area (Å²) in [6.07, 6.45) is 6.87. The van der Waals surface area contributed by atoms with Crippen LogP contribution in [0, 0.1) is 5.92 Å². The summed E-state index contributed by atoms with van der Waals surface area (Å²) in [6.45, 7) is 7.00. The van der Waals surface area contributed by atoms with Crippen LogP contribution in [0.1, 0.15) is 59.3 Å². The van der Waals surface area contributed by atoms with E-state index in [1.165, 1.54) is 12.8 Å². The highest BCUT2D eigenvalue weighted by molar-refractivity contribution is 5.82. The molecule has 0 radical (unpaired) electrons. The molecule has 2 atom stereocenters. The zero-order valence-electron chi connectivity index (χ0n) is 13.1. The minimum Gasteiger partial charge on any atom is -0.465 e. The van der Waals surface area contributed by atoms with Crippen molar-refractivity contribution < 1.29 is 14.3 Å². The monoisotopic (exact) mass is 283 g/mol. The molecule has 116 valence electrons. The summed E-state index contributed by atoms with van der Waals surface area (Å²) in [5, 5.41) is 3.55. The molecule has 0 aromatic heterocycles. The normalized spacial score (nSPS) is 23.1. The maximum atomic E-state index is 12.5. The van der Waals surface area contributed by atoms with Gasteiger partial charge in [0.25, 0.3) is 0 Å². The molecule has 4 heteroatoms. The minimum atomic E-state index is -0.598. The Kier molecular flexibility index (Phi) is 5.44. The van der Waals surface area contributed by atoms with Crippen molar-refractivity contribution in [3.05, 3.63) is 0 Å². The standard InChI is InChI=1S/C16H29NO3/c1-4-6-12(3)20-11-16(13-7-8-13,15(18)19-5-2)17-14-9-10-14/h12-14,17H,4-11H2,1-3H3. The van der Waals surface area contributed by atoms with Gasteiger partial charge in [-0.2, -0.15) is 0 Å². The van der Waals surface area contributed by atoms with E-state index in [9.17, 15) is 4.79 Å². The zero-order chi connectivity index (χ0) is 14.6. The van der Waals surface area contributed by atoms with E-state index < -0.39 is 5.54 Å². The second kappa shape index (κ2) is 6.90. The number of esters is 1. The van der Waals surface area contributed by atoms with Crippen LogP contribution in [0.25, 0.3) is 0 Å². The molecule has 0 aliphatic heterocycles. The molecule has 2 unspecified atom stereocenters. The van der Waals surface area contributed by atoms with Crippen LogP contribution in [0.3, 0.4) is 0 Å². The number of hydrogen-bond acceptors (Lipinski definition) is 4. The topological polar surface area (TPSA) is 47.6 Å². The molecule has 0 heterocycles. The third-order valence-electron chi connectivity index (χ3n) is 4.24. The average Bonchev–Trinajstić information content (AvgIpc) is 3.27. The van der Waals surface area contributed by atoms with Gasteiger partial charge in [0.2, 0.25) is 0 Å². The van der Waals surface area contributed by atoms with Crippen molar-refractivity contribution in [2.24, 2.45) is 5.92 Å². The van der Waals surface area contributed by atoms with E-state index in [-0.39, 0.29) is 12.1 Å². The minimum absolute atomic E-state index is 0.113. The average molecular weight is 283 g/mol. The Bertz CT molecular complexity index is 326. The maximum Gasteiger partial charge on any atom is 0.329 e. The lowest BCUT2D eigenvalue weighted by atomic mass is 9.93. The summed E-state index contributed by atoms with van der Waals surface area (Å²) in [5.41, 5.74) is -0.598. The Balaban J connectivity index is 2.02. The van der Waals surface area contributed by atoms with E-state index in [0.29, 0.717) is 25.2 Å². The first kappa shape index (κ1) is 15.8. The lowest BCUT2D eigenvalue weighted by molar-refractivity contribution is -0.157. The van der Waals surface area contributed by atoms with Gasteiger partial charge in [0, 0.05) is 6.04 Å². The van der Waals surface area contributed by atoms with E-state index in [0.717, 1.165) is 25.7 Å². The Labute approximate surface area is 122 Å². The molecule has 0 aromatic carbocycles. The summed E-state index contributed by atoms with van der Waals surface area (Å²) < 4.78 is 11.3. The number of carbonyl (C=O) groups is 1. The summed E-state index contributed by atoms with van der Waals surface area (Å²) in [7, 11) is 0. The van der Waals surface area contributed by atoms with Gasteiger partial charge in [0.1, 0.15) is 5.54 Å². The molecular weight excluding hydrogens is 254 g/mol. The van der Waals surface area contributed by atoms with Gasteiger partial charge in [-0.1, -0.05) is 13.3 Å². The van der Waals surface area contributed by atoms with Crippen LogP contribution >= 0.6 is 0 Å². The molecule has 2 fully saturated rings. The van der Waals surface area contributed by atoms with Crippen LogP contribution in [-0.4, -0.2) is 36.9 Å². The lowest BCUT2D eigenvalue weighted by Gasteiger charge is -2.33. The van der Waals surface area contributed by atoms with E-state index >= 15 is 0 Å². The molecular formula is C16H29NO3. The Morgan fingerprint density at radius 2 is 2.00 bits per heavy atom. The van der Waals surface area contributed by atoms with Crippen molar-refractivity contribution in [3.8, 4) is 0 Å². The Morgan fingerprint density at radius 3 is 2.50 bits per heavy atom. The summed E-state index contributed by atoms with van der Waals surface area (Å²) in [4.78, 5) is 12.5. The van der Waals surface area contributed by atoms with Gasteiger partial charge in [-0.15, -0.1) is 0 Å². The van der Waals surface area contributed by atoms with Crippen LogP contribution in [0.5, 0.6) is 0 Å².